The Bertz CT molecular complexity index is 461. The summed E-state index contributed by atoms with van der Waals surface area (Å²) in [4.78, 5) is 0. The molecule has 1 saturated carbocycles. The van der Waals surface area contributed by atoms with Crippen LogP contribution in [-0.4, -0.2) is 33.2 Å². The first-order chi connectivity index (χ1) is 9.82. The van der Waals surface area contributed by atoms with E-state index in [1.807, 2.05) is 13.1 Å². The molecule has 0 saturated heterocycles. The third kappa shape index (κ3) is 4.44. The predicted octanol–water partition coefficient (Wildman–Crippen LogP) is 2.48. The van der Waals surface area contributed by atoms with Crippen LogP contribution in [-0.2, 0) is 13.1 Å². The van der Waals surface area contributed by atoms with Gasteiger partial charge in [-0.1, -0.05) is 0 Å². The monoisotopic (exact) mass is 305 g/mol. The maximum Gasteiger partial charge on any atom is 0.391 e. The normalized spacial score (nSPS) is 27.0. The smallest absolute Gasteiger partial charge is 0.389 e. The number of nitrogens with one attached hydrogen (secondary N) is 1. The number of aryl methyl sites for hydroxylation is 1. The molecule has 0 spiro atoms. The lowest BCUT2D eigenvalue weighted by molar-refractivity contribution is -0.200. The molecule has 1 aliphatic rings. The summed E-state index contributed by atoms with van der Waals surface area (Å²) < 4.78 is 40.1. The van der Waals surface area contributed by atoms with E-state index in [0.29, 0.717) is 19.4 Å². The average molecular weight is 305 g/mol. The molecule has 0 aliphatic heterocycles. The zero-order valence-electron chi connectivity index (χ0n) is 12.2. The minimum absolute atomic E-state index is 0.120. The average Bonchev–Trinajstić information content (AvgIpc) is 2.85. The molecule has 120 valence electrons. The molecule has 0 aromatic carbocycles. The number of alkyl halides is 3. The second-order valence-corrected chi connectivity index (χ2v) is 5.87. The Balaban J connectivity index is 1.83. The van der Waals surface area contributed by atoms with E-state index in [9.17, 15) is 18.3 Å². The van der Waals surface area contributed by atoms with Crippen LogP contribution in [0.15, 0.2) is 12.4 Å². The molecule has 2 N–H and O–H groups in total. The quantitative estimate of drug-likeness (QED) is 0.878. The summed E-state index contributed by atoms with van der Waals surface area (Å²) in [5.74, 6) is -1.39. The molecule has 7 heteroatoms. The highest BCUT2D eigenvalue weighted by atomic mass is 19.4. The van der Waals surface area contributed by atoms with E-state index in [4.69, 9.17) is 0 Å². The second kappa shape index (κ2) is 6.36. The summed E-state index contributed by atoms with van der Waals surface area (Å²) in [5.41, 5.74) is -0.303. The van der Waals surface area contributed by atoms with Crippen molar-refractivity contribution in [3.8, 4) is 0 Å². The van der Waals surface area contributed by atoms with Crippen LogP contribution >= 0.6 is 0 Å². The lowest BCUT2D eigenvalue weighted by Gasteiger charge is -2.37. The van der Waals surface area contributed by atoms with Gasteiger partial charge in [0.25, 0.3) is 0 Å². The number of rotatable bonds is 5. The first-order valence-corrected chi connectivity index (χ1v) is 7.33. The van der Waals surface area contributed by atoms with Gasteiger partial charge in [0.15, 0.2) is 0 Å². The first-order valence-electron chi connectivity index (χ1n) is 7.33. The third-order valence-electron chi connectivity index (χ3n) is 4.08. The maximum atomic E-state index is 12.8. The second-order valence-electron chi connectivity index (χ2n) is 5.87. The molecule has 1 aliphatic carbocycles. The molecule has 4 nitrogen and oxygen atoms in total. The minimum Gasteiger partial charge on any atom is -0.389 e. The highest BCUT2D eigenvalue weighted by molar-refractivity contribution is 5.03. The van der Waals surface area contributed by atoms with Crippen molar-refractivity contribution in [2.45, 2.75) is 57.5 Å². The molecule has 1 fully saturated rings. The van der Waals surface area contributed by atoms with E-state index in [2.05, 4.69) is 10.4 Å². The summed E-state index contributed by atoms with van der Waals surface area (Å²) in [6, 6.07) is 0. The fraction of sp³-hybridized carbons (Fsp3) is 0.786. The van der Waals surface area contributed by atoms with Crippen molar-refractivity contribution in [2.75, 3.05) is 6.54 Å². The van der Waals surface area contributed by atoms with Crippen molar-refractivity contribution in [1.29, 1.82) is 0 Å². The van der Waals surface area contributed by atoms with Gasteiger partial charge in [-0.25, -0.2) is 0 Å². The van der Waals surface area contributed by atoms with E-state index < -0.39 is 17.7 Å². The van der Waals surface area contributed by atoms with Gasteiger partial charge < -0.3 is 10.4 Å². The zero-order valence-corrected chi connectivity index (χ0v) is 12.2. The third-order valence-corrected chi connectivity index (χ3v) is 4.08. The Labute approximate surface area is 122 Å². The van der Waals surface area contributed by atoms with Crippen LogP contribution in [0.5, 0.6) is 0 Å². The number of hydrogen-bond donors (Lipinski definition) is 2. The number of nitrogens with zero attached hydrogens (tertiary/aromatic N) is 2. The molecular formula is C14H22F3N3O. The summed E-state index contributed by atoms with van der Waals surface area (Å²) in [6.07, 6.45) is 0.136. The van der Waals surface area contributed by atoms with Gasteiger partial charge >= 0.3 is 6.18 Å². The Morgan fingerprint density at radius 3 is 2.90 bits per heavy atom. The Morgan fingerprint density at radius 1 is 1.52 bits per heavy atom. The zero-order chi connectivity index (χ0) is 15.5. The van der Waals surface area contributed by atoms with Crippen molar-refractivity contribution in [3.63, 3.8) is 0 Å². The lowest BCUT2D eigenvalue weighted by Crippen LogP contribution is -2.46. The standard InChI is InChI=1S/C14H22F3N3O/c1-2-20-9-11(8-19-20)7-18-10-13(21)5-3-4-12(6-13)14(15,16)17/h8-9,12,18,21H,2-7,10H2,1H3. The topological polar surface area (TPSA) is 50.1 Å². The van der Waals surface area contributed by atoms with Crippen molar-refractivity contribution in [3.05, 3.63) is 18.0 Å². The molecule has 1 aromatic rings. The van der Waals surface area contributed by atoms with Crippen LogP contribution in [0, 0.1) is 5.92 Å². The summed E-state index contributed by atoms with van der Waals surface area (Å²) in [5, 5.41) is 17.5. The van der Waals surface area contributed by atoms with E-state index in [0.717, 1.165) is 12.1 Å². The predicted molar refractivity (Wildman–Crippen MR) is 72.6 cm³/mol. The maximum absolute atomic E-state index is 12.8. The van der Waals surface area contributed by atoms with E-state index in [-0.39, 0.29) is 19.4 Å². The van der Waals surface area contributed by atoms with Gasteiger partial charge in [-0.3, -0.25) is 4.68 Å². The SMILES string of the molecule is CCn1cc(CNCC2(O)CCCC(C(F)(F)F)C2)cn1. The number of hydrogen-bond acceptors (Lipinski definition) is 3. The van der Waals surface area contributed by atoms with Crippen LogP contribution in [0.3, 0.4) is 0 Å². The molecule has 1 aromatic heterocycles. The molecular weight excluding hydrogens is 283 g/mol. The van der Waals surface area contributed by atoms with Crippen LogP contribution in [0.2, 0.25) is 0 Å². The van der Waals surface area contributed by atoms with Gasteiger partial charge in [0.1, 0.15) is 0 Å². The summed E-state index contributed by atoms with van der Waals surface area (Å²) in [7, 11) is 0. The van der Waals surface area contributed by atoms with E-state index in [1.165, 1.54) is 0 Å². The summed E-state index contributed by atoms with van der Waals surface area (Å²) >= 11 is 0. The van der Waals surface area contributed by atoms with Crippen molar-refractivity contribution in [1.82, 2.24) is 15.1 Å². The van der Waals surface area contributed by atoms with Crippen LogP contribution in [0.25, 0.3) is 0 Å². The highest BCUT2D eigenvalue weighted by Crippen LogP contribution is 2.41. The molecule has 2 rings (SSSR count). The number of halogens is 3. The lowest BCUT2D eigenvalue weighted by atomic mass is 9.77. The fourth-order valence-electron chi connectivity index (χ4n) is 2.89. The van der Waals surface area contributed by atoms with Gasteiger partial charge in [0.2, 0.25) is 0 Å². The summed E-state index contributed by atoms with van der Waals surface area (Å²) in [6.45, 7) is 3.43. The fourth-order valence-corrected chi connectivity index (χ4v) is 2.89. The Morgan fingerprint density at radius 2 is 2.29 bits per heavy atom. The van der Waals surface area contributed by atoms with Crippen LogP contribution in [0.1, 0.15) is 38.2 Å². The largest absolute Gasteiger partial charge is 0.391 e. The molecule has 2 unspecified atom stereocenters. The molecule has 1 heterocycles. The van der Waals surface area contributed by atoms with Gasteiger partial charge in [0, 0.05) is 31.4 Å². The molecule has 21 heavy (non-hydrogen) atoms. The van der Waals surface area contributed by atoms with Crippen molar-refractivity contribution >= 4 is 0 Å². The highest BCUT2D eigenvalue weighted by Gasteiger charge is 2.46. The molecule has 0 radical (unpaired) electrons. The van der Waals surface area contributed by atoms with Crippen molar-refractivity contribution in [2.24, 2.45) is 5.92 Å². The molecule has 0 amide bonds. The van der Waals surface area contributed by atoms with Crippen molar-refractivity contribution < 1.29 is 18.3 Å². The minimum atomic E-state index is -4.21. The molecule has 2 atom stereocenters. The van der Waals surface area contributed by atoms with Gasteiger partial charge in [-0.15, -0.1) is 0 Å². The van der Waals surface area contributed by atoms with E-state index in [1.54, 1.807) is 10.9 Å². The van der Waals surface area contributed by atoms with Crippen LogP contribution < -0.4 is 5.32 Å². The van der Waals surface area contributed by atoms with Gasteiger partial charge in [0.05, 0.1) is 17.7 Å². The molecule has 0 bridgehead atoms. The van der Waals surface area contributed by atoms with E-state index >= 15 is 0 Å². The Kier molecular flexibility index (Phi) is 4.93. The first kappa shape index (κ1) is 16.3. The van der Waals surface area contributed by atoms with Crippen LogP contribution in [0.4, 0.5) is 13.2 Å². The Hall–Kier alpha value is -1.08. The number of aliphatic hydroxyl groups is 1. The van der Waals surface area contributed by atoms with Gasteiger partial charge in [-0.05, 0) is 32.6 Å². The number of aromatic nitrogens is 2. The van der Waals surface area contributed by atoms with Gasteiger partial charge in [-0.2, -0.15) is 18.3 Å².